The van der Waals surface area contributed by atoms with Gasteiger partial charge in [0, 0.05) is 0 Å². The summed E-state index contributed by atoms with van der Waals surface area (Å²) in [5.74, 6) is 0. The van der Waals surface area contributed by atoms with Crippen molar-refractivity contribution in [1.82, 2.24) is 5.32 Å². The number of cyclic esters (lactones) is 1. The third-order valence-corrected chi connectivity index (χ3v) is 2.04. The summed E-state index contributed by atoms with van der Waals surface area (Å²) in [6.45, 7) is 2.66. The van der Waals surface area contributed by atoms with Crippen molar-refractivity contribution < 1.29 is 9.53 Å². The average molecular weight is 183 g/mol. The van der Waals surface area contributed by atoms with Gasteiger partial charge in [0.15, 0.2) is 0 Å². The first-order chi connectivity index (χ1) is 6.33. The first kappa shape index (κ1) is 10.1. The van der Waals surface area contributed by atoms with E-state index in [1.807, 2.05) is 6.08 Å². The quantitative estimate of drug-likeness (QED) is 0.524. The molecular weight excluding hydrogens is 166 g/mol. The Morgan fingerprint density at radius 2 is 2.46 bits per heavy atom. The van der Waals surface area contributed by atoms with Gasteiger partial charge in [0.05, 0.1) is 6.04 Å². The van der Waals surface area contributed by atoms with E-state index in [1.54, 1.807) is 0 Å². The maximum absolute atomic E-state index is 10.6. The molecule has 1 amide bonds. The normalized spacial score (nSPS) is 21.9. The number of amides is 1. The lowest BCUT2D eigenvalue weighted by atomic mass is 10.2. The highest BCUT2D eigenvalue weighted by molar-refractivity contribution is 5.70. The summed E-state index contributed by atoms with van der Waals surface area (Å²) in [6.07, 6.45) is 8.68. The minimum atomic E-state index is -0.303. The number of hydrogen-bond donors (Lipinski definition) is 1. The number of carbonyl (C=O) groups is 1. The molecule has 0 spiro atoms. The minimum absolute atomic E-state index is 0.0918. The van der Waals surface area contributed by atoms with Crippen LogP contribution in [0.5, 0.6) is 0 Å². The first-order valence-electron chi connectivity index (χ1n) is 4.93. The molecule has 0 aromatic rings. The van der Waals surface area contributed by atoms with Gasteiger partial charge >= 0.3 is 6.09 Å². The smallest absolute Gasteiger partial charge is 0.407 e. The zero-order valence-electron chi connectivity index (χ0n) is 8.08. The van der Waals surface area contributed by atoms with Crippen LogP contribution in [0.2, 0.25) is 0 Å². The molecule has 1 fully saturated rings. The molecule has 1 aliphatic rings. The summed E-state index contributed by atoms with van der Waals surface area (Å²) >= 11 is 0. The third kappa shape index (κ3) is 3.97. The van der Waals surface area contributed by atoms with Gasteiger partial charge in [-0.15, -0.1) is 0 Å². The van der Waals surface area contributed by atoms with Gasteiger partial charge in [-0.3, -0.25) is 0 Å². The number of carbonyl (C=O) groups excluding carboxylic acids is 1. The van der Waals surface area contributed by atoms with Crippen molar-refractivity contribution in [2.75, 3.05) is 6.61 Å². The second-order valence-corrected chi connectivity index (χ2v) is 3.27. The molecule has 1 rings (SSSR count). The maximum Gasteiger partial charge on any atom is 0.407 e. The van der Waals surface area contributed by atoms with Crippen LogP contribution in [0.25, 0.3) is 0 Å². The van der Waals surface area contributed by atoms with Gasteiger partial charge in [-0.25, -0.2) is 4.79 Å². The summed E-state index contributed by atoms with van der Waals surface area (Å²) in [6, 6.07) is 0.0918. The number of nitrogens with one attached hydrogen (secondary N) is 1. The predicted octanol–water partition coefficient (Wildman–Crippen LogP) is 2.23. The molecule has 3 nitrogen and oxygen atoms in total. The van der Waals surface area contributed by atoms with Crippen LogP contribution < -0.4 is 5.32 Å². The van der Waals surface area contributed by atoms with Crippen molar-refractivity contribution in [1.29, 1.82) is 0 Å². The van der Waals surface area contributed by atoms with E-state index in [9.17, 15) is 4.79 Å². The van der Waals surface area contributed by atoms with Gasteiger partial charge in [0.2, 0.25) is 0 Å². The van der Waals surface area contributed by atoms with Crippen LogP contribution in [0.4, 0.5) is 4.79 Å². The van der Waals surface area contributed by atoms with Crippen LogP contribution in [0.15, 0.2) is 12.2 Å². The molecule has 0 aromatic carbocycles. The van der Waals surface area contributed by atoms with E-state index < -0.39 is 0 Å². The molecule has 74 valence electrons. The van der Waals surface area contributed by atoms with Crippen molar-refractivity contribution in [3.05, 3.63) is 12.2 Å². The summed E-state index contributed by atoms with van der Waals surface area (Å²) in [5, 5.41) is 2.70. The Labute approximate surface area is 79.2 Å². The Hall–Kier alpha value is -0.990. The van der Waals surface area contributed by atoms with Gasteiger partial charge in [-0.1, -0.05) is 31.9 Å². The van der Waals surface area contributed by atoms with Crippen LogP contribution in [0, 0.1) is 0 Å². The van der Waals surface area contributed by atoms with E-state index in [-0.39, 0.29) is 12.1 Å². The van der Waals surface area contributed by atoms with Crippen molar-refractivity contribution in [2.24, 2.45) is 0 Å². The van der Waals surface area contributed by atoms with Crippen molar-refractivity contribution >= 4 is 6.09 Å². The second kappa shape index (κ2) is 5.62. The fourth-order valence-corrected chi connectivity index (χ4v) is 1.28. The Kier molecular flexibility index (Phi) is 4.36. The number of alkyl carbamates (subject to hydrolysis) is 1. The molecule has 0 aromatic heterocycles. The van der Waals surface area contributed by atoms with Gasteiger partial charge in [0.1, 0.15) is 6.61 Å². The summed E-state index contributed by atoms with van der Waals surface area (Å²) in [7, 11) is 0. The molecule has 1 heterocycles. The highest BCUT2D eigenvalue weighted by Gasteiger charge is 2.18. The van der Waals surface area contributed by atoms with E-state index in [4.69, 9.17) is 4.74 Å². The van der Waals surface area contributed by atoms with Crippen molar-refractivity contribution in [2.45, 2.75) is 38.6 Å². The average Bonchev–Trinajstić information content (AvgIpc) is 2.51. The summed E-state index contributed by atoms with van der Waals surface area (Å²) in [5.41, 5.74) is 0. The van der Waals surface area contributed by atoms with Gasteiger partial charge < -0.3 is 10.1 Å². The standard InChI is InChI=1S/C10H17NO2/c1-2-3-4-5-6-7-9-8-13-10(12)11-9/h6-7,9H,2-5,8H2,1H3,(H,11,12)/b7-6+/t9-/m1/s1. The van der Waals surface area contributed by atoms with Crippen LogP contribution >= 0.6 is 0 Å². The fraction of sp³-hybridized carbons (Fsp3) is 0.700. The van der Waals surface area contributed by atoms with E-state index in [0.29, 0.717) is 6.61 Å². The number of allylic oxidation sites excluding steroid dienone is 1. The molecule has 1 aliphatic heterocycles. The zero-order chi connectivity index (χ0) is 9.52. The Balaban J connectivity index is 2.06. The van der Waals surface area contributed by atoms with Gasteiger partial charge in [-0.05, 0) is 12.8 Å². The van der Waals surface area contributed by atoms with E-state index in [2.05, 4.69) is 18.3 Å². The van der Waals surface area contributed by atoms with E-state index in [0.717, 1.165) is 6.42 Å². The van der Waals surface area contributed by atoms with Crippen LogP contribution in [-0.4, -0.2) is 18.7 Å². The zero-order valence-corrected chi connectivity index (χ0v) is 8.08. The molecule has 0 aliphatic carbocycles. The van der Waals surface area contributed by atoms with Crippen molar-refractivity contribution in [3.63, 3.8) is 0 Å². The van der Waals surface area contributed by atoms with Gasteiger partial charge in [-0.2, -0.15) is 0 Å². The Morgan fingerprint density at radius 3 is 3.08 bits per heavy atom. The topological polar surface area (TPSA) is 38.3 Å². The molecule has 0 saturated carbocycles. The molecular formula is C10H17NO2. The number of hydrogen-bond acceptors (Lipinski definition) is 2. The number of unbranched alkanes of at least 4 members (excludes halogenated alkanes) is 3. The minimum Gasteiger partial charge on any atom is -0.447 e. The monoisotopic (exact) mass is 183 g/mol. The summed E-state index contributed by atoms with van der Waals surface area (Å²) < 4.78 is 4.74. The van der Waals surface area contributed by atoms with Crippen LogP contribution in [0.1, 0.15) is 32.6 Å². The predicted molar refractivity (Wildman–Crippen MR) is 51.6 cm³/mol. The first-order valence-corrected chi connectivity index (χ1v) is 4.93. The third-order valence-electron chi connectivity index (χ3n) is 2.04. The van der Waals surface area contributed by atoms with E-state index in [1.165, 1.54) is 19.3 Å². The second-order valence-electron chi connectivity index (χ2n) is 3.27. The fourth-order valence-electron chi connectivity index (χ4n) is 1.28. The largest absolute Gasteiger partial charge is 0.447 e. The Morgan fingerprint density at radius 1 is 1.62 bits per heavy atom. The van der Waals surface area contributed by atoms with Gasteiger partial charge in [0.25, 0.3) is 0 Å². The SMILES string of the molecule is CCCCC/C=C/[C@@H]1COC(=O)N1. The molecule has 0 radical (unpaired) electrons. The molecule has 3 heteroatoms. The molecule has 1 saturated heterocycles. The molecule has 1 atom stereocenters. The molecule has 13 heavy (non-hydrogen) atoms. The van der Waals surface area contributed by atoms with Crippen molar-refractivity contribution in [3.8, 4) is 0 Å². The molecule has 0 unspecified atom stereocenters. The van der Waals surface area contributed by atoms with E-state index >= 15 is 0 Å². The van der Waals surface area contributed by atoms with Crippen LogP contribution in [-0.2, 0) is 4.74 Å². The maximum atomic E-state index is 10.6. The number of rotatable bonds is 5. The summed E-state index contributed by atoms with van der Waals surface area (Å²) in [4.78, 5) is 10.6. The lowest BCUT2D eigenvalue weighted by molar-refractivity contribution is 0.177. The lowest BCUT2D eigenvalue weighted by Gasteiger charge is -1.98. The van der Waals surface area contributed by atoms with Crippen LogP contribution in [0.3, 0.4) is 0 Å². The lowest BCUT2D eigenvalue weighted by Crippen LogP contribution is -2.23. The molecule has 1 N–H and O–H groups in total. The highest BCUT2D eigenvalue weighted by Crippen LogP contribution is 2.03. The number of ether oxygens (including phenoxy) is 1. The Bertz CT molecular complexity index is 189. The highest BCUT2D eigenvalue weighted by atomic mass is 16.6. The molecule has 0 bridgehead atoms.